The van der Waals surface area contributed by atoms with E-state index < -0.39 is 0 Å². The molecule has 0 unspecified atom stereocenters. The largest absolute Gasteiger partial charge is 0.497 e. The minimum absolute atomic E-state index is 0.000379. The second-order valence-corrected chi connectivity index (χ2v) is 4.15. The number of rotatable bonds is 6. The monoisotopic (exact) mass is 259 g/mol. The zero-order valence-corrected chi connectivity index (χ0v) is 10.9. The lowest BCUT2D eigenvalue weighted by atomic mass is 10.1. The minimum Gasteiger partial charge on any atom is -0.497 e. The molecule has 0 saturated carbocycles. The van der Waals surface area contributed by atoms with E-state index in [2.05, 4.69) is 10.4 Å². The van der Waals surface area contributed by atoms with Crippen LogP contribution in [0.1, 0.15) is 5.56 Å². The lowest BCUT2D eigenvalue weighted by molar-refractivity contribution is -0.120. The number of nitrogens with one attached hydrogen (secondary N) is 1. The predicted octanol–water partition coefficient (Wildman–Crippen LogP) is 1.25. The Hall–Kier alpha value is -2.30. The highest BCUT2D eigenvalue weighted by Crippen LogP contribution is 2.12. The van der Waals surface area contributed by atoms with Gasteiger partial charge in [-0.3, -0.25) is 9.48 Å². The van der Waals surface area contributed by atoms with Crippen LogP contribution in [-0.4, -0.2) is 29.3 Å². The van der Waals surface area contributed by atoms with Gasteiger partial charge in [-0.1, -0.05) is 12.1 Å². The van der Waals surface area contributed by atoms with Gasteiger partial charge < -0.3 is 10.1 Å². The Balaban J connectivity index is 1.77. The number of methoxy groups -OCH3 is 1. The van der Waals surface area contributed by atoms with Crippen LogP contribution in [0.4, 0.5) is 0 Å². The molecule has 0 aliphatic carbocycles. The summed E-state index contributed by atoms with van der Waals surface area (Å²) in [7, 11) is 1.61. The van der Waals surface area contributed by atoms with Gasteiger partial charge in [0.05, 0.1) is 20.1 Å². The van der Waals surface area contributed by atoms with Crippen LogP contribution in [0.15, 0.2) is 42.7 Å². The molecule has 100 valence electrons. The van der Waals surface area contributed by atoms with Crippen molar-refractivity contribution >= 4 is 5.91 Å². The molecule has 2 rings (SSSR count). The third kappa shape index (κ3) is 4.13. The van der Waals surface area contributed by atoms with Crippen LogP contribution < -0.4 is 10.1 Å². The summed E-state index contributed by atoms with van der Waals surface area (Å²) in [5.41, 5.74) is 0.941. The Morgan fingerprint density at radius 3 is 3.05 bits per heavy atom. The number of aromatic nitrogens is 2. The summed E-state index contributed by atoms with van der Waals surface area (Å²) in [6, 6.07) is 9.38. The molecule has 0 radical (unpaired) electrons. The van der Waals surface area contributed by atoms with Gasteiger partial charge in [0.15, 0.2) is 0 Å². The quantitative estimate of drug-likeness (QED) is 0.849. The number of hydrogen-bond acceptors (Lipinski definition) is 3. The first-order chi connectivity index (χ1) is 9.28. The zero-order chi connectivity index (χ0) is 13.5. The van der Waals surface area contributed by atoms with Gasteiger partial charge in [0, 0.05) is 18.9 Å². The van der Waals surface area contributed by atoms with Crippen LogP contribution >= 0.6 is 0 Å². The summed E-state index contributed by atoms with van der Waals surface area (Å²) in [5, 5.41) is 6.93. The average molecular weight is 259 g/mol. The molecule has 2 aromatic rings. The van der Waals surface area contributed by atoms with E-state index >= 15 is 0 Å². The molecule has 1 aromatic heterocycles. The zero-order valence-electron chi connectivity index (χ0n) is 10.9. The molecule has 5 nitrogen and oxygen atoms in total. The predicted molar refractivity (Wildman–Crippen MR) is 71.9 cm³/mol. The second-order valence-electron chi connectivity index (χ2n) is 4.15. The normalized spacial score (nSPS) is 10.2. The van der Waals surface area contributed by atoms with Crippen molar-refractivity contribution in [2.45, 2.75) is 13.0 Å². The summed E-state index contributed by atoms with van der Waals surface area (Å²) < 4.78 is 6.91. The van der Waals surface area contributed by atoms with Gasteiger partial charge in [0.1, 0.15) is 5.75 Å². The van der Waals surface area contributed by atoms with E-state index in [4.69, 9.17) is 4.74 Å². The SMILES string of the molecule is COc1cccc(CC(=O)NCCn2cccn2)c1. The fraction of sp³-hybridized carbons (Fsp3) is 0.286. The maximum atomic E-state index is 11.8. The van der Waals surface area contributed by atoms with Gasteiger partial charge in [-0.05, 0) is 23.8 Å². The summed E-state index contributed by atoms with van der Waals surface area (Å²) >= 11 is 0. The molecular formula is C14H17N3O2. The molecule has 0 atom stereocenters. The van der Waals surface area contributed by atoms with E-state index in [-0.39, 0.29) is 5.91 Å². The van der Waals surface area contributed by atoms with Crippen molar-refractivity contribution in [1.82, 2.24) is 15.1 Å². The van der Waals surface area contributed by atoms with Crippen LogP contribution in [0.2, 0.25) is 0 Å². The first-order valence-electron chi connectivity index (χ1n) is 6.15. The highest BCUT2D eigenvalue weighted by Gasteiger charge is 2.03. The molecule has 1 amide bonds. The second kappa shape index (κ2) is 6.58. The van der Waals surface area contributed by atoms with Gasteiger partial charge in [-0.15, -0.1) is 0 Å². The number of ether oxygens (including phenoxy) is 1. The van der Waals surface area contributed by atoms with Gasteiger partial charge in [-0.2, -0.15) is 5.10 Å². The smallest absolute Gasteiger partial charge is 0.224 e. The molecule has 0 fully saturated rings. The Morgan fingerprint density at radius 2 is 2.32 bits per heavy atom. The molecule has 1 heterocycles. The van der Waals surface area contributed by atoms with Crippen LogP contribution in [0.5, 0.6) is 5.75 Å². The Bertz CT molecular complexity index is 523. The van der Waals surface area contributed by atoms with Crippen LogP contribution in [0.3, 0.4) is 0 Å². The summed E-state index contributed by atoms with van der Waals surface area (Å²) in [6.07, 6.45) is 3.95. The van der Waals surface area contributed by atoms with Gasteiger partial charge in [0.2, 0.25) is 5.91 Å². The molecule has 0 aliphatic heterocycles. The first-order valence-corrected chi connectivity index (χ1v) is 6.15. The summed E-state index contributed by atoms with van der Waals surface area (Å²) in [5.74, 6) is 0.766. The van der Waals surface area contributed by atoms with Gasteiger partial charge >= 0.3 is 0 Å². The maximum Gasteiger partial charge on any atom is 0.224 e. The Morgan fingerprint density at radius 1 is 1.42 bits per heavy atom. The van der Waals surface area contributed by atoms with Crippen LogP contribution in [-0.2, 0) is 17.8 Å². The van der Waals surface area contributed by atoms with E-state index in [0.717, 1.165) is 11.3 Å². The third-order valence-corrected chi connectivity index (χ3v) is 2.72. The van der Waals surface area contributed by atoms with E-state index in [1.54, 1.807) is 18.0 Å². The molecule has 0 saturated heterocycles. The molecule has 0 bridgehead atoms. The molecule has 1 aromatic carbocycles. The number of nitrogens with zero attached hydrogens (tertiary/aromatic N) is 2. The average Bonchev–Trinajstić information content (AvgIpc) is 2.92. The van der Waals surface area contributed by atoms with Crippen molar-refractivity contribution in [3.05, 3.63) is 48.3 Å². The molecule has 0 spiro atoms. The Labute approximate surface area is 112 Å². The van der Waals surface area contributed by atoms with Crippen molar-refractivity contribution < 1.29 is 9.53 Å². The first kappa shape index (κ1) is 13.1. The lowest BCUT2D eigenvalue weighted by Crippen LogP contribution is -2.28. The van der Waals surface area contributed by atoms with E-state index in [1.807, 2.05) is 36.5 Å². The number of amides is 1. The van der Waals surface area contributed by atoms with Crippen molar-refractivity contribution in [2.75, 3.05) is 13.7 Å². The maximum absolute atomic E-state index is 11.8. The van der Waals surface area contributed by atoms with Crippen molar-refractivity contribution in [1.29, 1.82) is 0 Å². The van der Waals surface area contributed by atoms with Crippen molar-refractivity contribution in [3.63, 3.8) is 0 Å². The number of hydrogen-bond donors (Lipinski definition) is 1. The third-order valence-electron chi connectivity index (χ3n) is 2.72. The number of carbonyl (C=O) groups is 1. The van der Waals surface area contributed by atoms with E-state index in [1.165, 1.54) is 0 Å². The number of benzene rings is 1. The van der Waals surface area contributed by atoms with Crippen LogP contribution in [0.25, 0.3) is 0 Å². The Kier molecular flexibility index (Phi) is 4.55. The lowest BCUT2D eigenvalue weighted by Gasteiger charge is -2.06. The fourth-order valence-electron chi connectivity index (χ4n) is 1.77. The highest BCUT2D eigenvalue weighted by molar-refractivity contribution is 5.78. The summed E-state index contributed by atoms with van der Waals surface area (Å²) in [4.78, 5) is 11.8. The molecule has 0 aliphatic rings. The van der Waals surface area contributed by atoms with E-state index in [9.17, 15) is 4.79 Å². The molecule has 19 heavy (non-hydrogen) atoms. The van der Waals surface area contributed by atoms with Crippen molar-refractivity contribution in [3.8, 4) is 5.75 Å². The van der Waals surface area contributed by atoms with E-state index in [0.29, 0.717) is 19.5 Å². The minimum atomic E-state index is 0.000379. The van der Waals surface area contributed by atoms with Gasteiger partial charge in [0.25, 0.3) is 0 Å². The standard InChI is InChI=1S/C14H17N3O2/c1-19-13-5-2-4-12(10-13)11-14(18)15-7-9-17-8-3-6-16-17/h2-6,8,10H,7,9,11H2,1H3,(H,15,18). The molecular weight excluding hydrogens is 242 g/mol. The van der Waals surface area contributed by atoms with Crippen LogP contribution in [0, 0.1) is 0 Å². The fourth-order valence-corrected chi connectivity index (χ4v) is 1.77. The topological polar surface area (TPSA) is 56.1 Å². The van der Waals surface area contributed by atoms with Gasteiger partial charge in [-0.25, -0.2) is 0 Å². The molecule has 5 heteroatoms. The number of carbonyl (C=O) groups excluding carboxylic acids is 1. The highest BCUT2D eigenvalue weighted by atomic mass is 16.5. The summed E-state index contributed by atoms with van der Waals surface area (Å²) in [6.45, 7) is 1.25. The molecule has 1 N–H and O–H groups in total. The van der Waals surface area contributed by atoms with Crippen molar-refractivity contribution in [2.24, 2.45) is 0 Å².